The van der Waals surface area contributed by atoms with E-state index in [0.29, 0.717) is 0 Å². The summed E-state index contributed by atoms with van der Waals surface area (Å²) in [5.74, 6) is -0.340. The van der Waals surface area contributed by atoms with E-state index < -0.39 is 23.9 Å². The van der Waals surface area contributed by atoms with Gasteiger partial charge in [0.05, 0.1) is 0 Å². The molecule has 0 spiro atoms. The lowest BCUT2D eigenvalue weighted by molar-refractivity contribution is -0.140. The first-order chi connectivity index (χ1) is 5.93. The molecule has 70 valence electrons. The van der Waals surface area contributed by atoms with Crippen LogP contribution in [0.1, 0.15) is 6.92 Å². The maximum Gasteiger partial charge on any atom is 0.382 e. The van der Waals surface area contributed by atoms with Crippen molar-refractivity contribution in [3.63, 3.8) is 0 Å². The summed E-state index contributed by atoms with van der Waals surface area (Å²) in [5.41, 5.74) is 0. The van der Waals surface area contributed by atoms with Gasteiger partial charge >= 0.3 is 11.9 Å². The van der Waals surface area contributed by atoms with Gasteiger partial charge in [-0.15, -0.1) is 0 Å². The lowest BCUT2D eigenvalue weighted by atomic mass is 10.3. The first kappa shape index (κ1) is 11.0. The van der Waals surface area contributed by atoms with E-state index in [0.717, 1.165) is 0 Å². The van der Waals surface area contributed by atoms with Crippen molar-refractivity contribution in [2.24, 2.45) is 0 Å². The van der Waals surface area contributed by atoms with Gasteiger partial charge in [0.2, 0.25) is 0 Å². The van der Waals surface area contributed by atoms with Gasteiger partial charge < -0.3 is 15.5 Å². The number of rotatable bonds is 2. The first-order valence-corrected chi connectivity index (χ1v) is 3.21. The Morgan fingerprint density at radius 3 is 2.15 bits per heavy atom. The highest BCUT2D eigenvalue weighted by atomic mass is 16.4. The van der Waals surface area contributed by atoms with Crippen LogP contribution in [0.15, 0.2) is 0 Å². The molecule has 0 aromatic carbocycles. The fourth-order valence-corrected chi connectivity index (χ4v) is 0.405. The van der Waals surface area contributed by atoms with Crippen LogP contribution in [0, 0.1) is 11.8 Å². The second kappa shape index (κ2) is 4.77. The van der Waals surface area contributed by atoms with Crippen molar-refractivity contribution in [2.45, 2.75) is 13.0 Å². The topological polar surface area (TPSA) is 104 Å². The Balaban J connectivity index is 4.12. The van der Waals surface area contributed by atoms with E-state index in [2.05, 4.69) is 0 Å². The van der Waals surface area contributed by atoms with E-state index in [-0.39, 0.29) is 0 Å². The molecule has 0 radical (unpaired) electrons. The molecule has 0 aromatic rings. The van der Waals surface area contributed by atoms with Crippen LogP contribution in [0.3, 0.4) is 0 Å². The smallest absolute Gasteiger partial charge is 0.382 e. The van der Waals surface area contributed by atoms with Crippen molar-refractivity contribution >= 4 is 17.8 Å². The van der Waals surface area contributed by atoms with E-state index in [4.69, 9.17) is 10.2 Å². The maximum absolute atomic E-state index is 10.7. The largest absolute Gasteiger partial charge is 0.480 e. The number of aliphatic carboxylic acids is 2. The quantitative estimate of drug-likeness (QED) is 0.462. The highest BCUT2D eigenvalue weighted by Gasteiger charge is 2.11. The van der Waals surface area contributed by atoms with Crippen LogP contribution in [-0.2, 0) is 14.4 Å². The molecule has 0 aliphatic rings. The van der Waals surface area contributed by atoms with Gasteiger partial charge in [-0.3, -0.25) is 9.59 Å². The van der Waals surface area contributed by atoms with Crippen molar-refractivity contribution in [3.05, 3.63) is 0 Å². The second-order valence-corrected chi connectivity index (χ2v) is 2.09. The molecular formula is C7H7NO5. The predicted molar refractivity (Wildman–Crippen MR) is 40.7 cm³/mol. The van der Waals surface area contributed by atoms with E-state index >= 15 is 0 Å². The molecule has 1 atom stereocenters. The molecule has 0 saturated heterocycles. The number of carbonyl (C=O) groups is 3. The maximum atomic E-state index is 10.7. The zero-order valence-corrected chi connectivity index (χ0v) is 6.70. The molecule has 0 heterocycles. The molecule has 0 saturated carbocycles. The monoisotopic (exact) mass is 185 g/mol. The molecule has 0 rings (SSSR count). The standard InChI is InChI=1S/C7H7NO5/c1-4(7(12)13)8-5(9)2-3-6(10)11/h4H,1H3,(H,8,9)(H,10,11)(H,12,13). The number of hydrogen-bond donors (Lipinski definition) is 3. The highest BCUT2D eigenvalue weighted by Crippen LogP contribution is 1.79. The van der Waals surface area contributed by atoms with Gasteiger partial charge in [-0.05, 0) is 6.92 Å². The summed E-state index contributed by atoms with van der Waals surface area (Å²) in [6, 6.07) is -1.09. The molecule has 0 aromatic heterocycles. The molecule has 6 heteroatoms. The van der Waals surface area contributed by atoms with Gasteiger partial charge in [-0.1, -0.05) is 0 Å². The zero-order valence-electron chi connectivity index (χ0n) is 6.70. The number of nitrogens with one attached hydrogen (secondary N) is 1. The van der Waals surface area contributed by atoms with E-state index in [1.54, 1.807) is 11.8 Å². The molecule has 0 fully saturated rings. The highest BCUT2D eigenvalue weighted by molar-refractivity contribution is 6.01. The van der Waals surface area contributed by atoms with Crippen LogP contribution in [-0.4, -0.2) is 34.1 Å². The van der Waals surface area contributed by atoms with Gasteiger partial charge in [0.1, 0.15) is 6.04 Å². The van der Waals surface area contributed by atoms with Crippen LogP contribution < -0.4 is 5.32 Å². The van der Waals surface area contributed by atoms with Crippen molar-refractivity contribution < 1.29 is 24.6 Å². The Bertz CT molecular complexity index is 298. The molecular weight excluding hydrogens is 178 g/mol. The Morgan fingerprint density at radius 2 is 1.77 bits per heavy atom. The second-order valence-electron chi connectivity index (χ2n) is 2.09. The molecule has 0 aliphatic carbocycles. The van der Waals surface area contributed by atoms with E-state index in [1.165, 1.54) is 6.92 Å². The summed E-state index contributed by atoms with van der Waals surface area (Å²) in [5, 5.41) is 18.3. The van der Waals surface area contributed by atoms with Crippen molar-refractivity contribution in [2.75, 3.05) is 0 Å². The summed E-state index contributed by atoms with van der Waals surface area (Å²) in [6.45, 7) is 1.24. The van der Waals surface area contributed by atoms with Gasteiger partial charge in [0.25, 0.3) is 5.91 Å². The molecule has 0 aliphatic heterocycles. The van der Waals surface area contributed by atoms with E-state index in [1.807, 2.05) is 5.32 Å². The lowest BCUT2D eigenvalue weighted by Crippen LogP contribution is -2.37. The molecule has 13 heavy (non-hydrogen) atoms. The molecule has 3 N–H and O–H groups in total. The Kier molecular flexibility index (Phi) is 4.02. The summed E-state index contributed by atoms with van der Waals surface area (Å²) in [4.78, 5) is 30.7. The molecule has 1 unspecified atom stereocenters. The predicted octanol–water partition coefficient (Wildman–Crippen LogP) is -1.34. The number of carboxylic acid groups (broad SMARTS) is 2. The average Bonchev–Trinajstić information content (AvgIpc) is 2.00. The average molecular weight is 185 g/mol. The molecule has 0 bridgehead atoms. The number of amides is 1. The van der Waals surface area contributed by atoms with Gasteiger partial charge in [0, 0.05) is 11.8 Å². The van der Waals surface area contributed by atoms with Gasteiger partial charge in [-0.25, -0.2) is 4.79 Å². The van der Waals surface area contributed by atoms with Crippen molar-refractivity contribution in [3.8, 4) is 11.8 Å². The fraction of sp³-hybridized carbons (Fsp3) is 0.286. The SMILES string of the molecule is CC(NC(=O)C#CC(=O)O)C(=O)O. The number of carbonyl (C=O) groups excluding carboxylic acids is 1. The zero-order chi connectivity index (χ0) is 10.4. The normalized spacial score (nSPS) is 10.5. The van der Waals surface area contributed by atoms with Crippen molar-refractivity contribution in [1.29, 1.82) is 0 Å². The van der Waals surface area contributed by atoms with Crippen molar-refractivity contribution in [1.82, 2.24) is 5.32 Å². The van der Waals surface area contributed by atoms with Crippen LogP contribution >= 0.6 is 0 Å². The summed E-state index contributed by atoms with van der Waals surface area (Å²) >= 11 is 0. The van der Waals surface area contributed by atoms with Crippen LogP contribution in [0.4, 0.5) is 0 Å². The third-order valence-corrected chi connectivity index (χ3v) is 1.00. The minimum atomic E-state index is -1.45. The Hall–Kier alpha value is -2.03. The van der Waals surface area contributed by atoms with Gasteiger partial charge in [0.15, 0.2) is 0 Å². The summed E-state index contributed by atoms with van der Waals surface area (Å²) in [7, 11) is 0. The Labute approximate surface area is 73.6 Å². The molecule has 1 amide bonds. The van der Waals surface area contributed by atoms with Gasteiger partial charge in [-0.2, -0.15) is 0 Å². The van der Waals surface area contributed by atoms with Crippen LogP contribution in [0.5, 0.6) is 0 Å². The number of carboxylic acids is 2. The minimum absolute atomic E-state index is 0.933. The number of hydrogen-bond acceptors (Lipinski definition) is 3. The lowest BCUT2D eigenvalue weighted by Gasteiger charge is -2.03. The fourth-order valence-electron chi connectivity index (χ4n) is 0.405. The first-order valence-electron chi connectivity index (χ1n) is 3.21. The third-order valence-electron chi connectivity index (χ3n) is 1.00. The van der Waals surface area contributed by atoms with Crippen LogP contribution in [0.25, 0.3) is 0 Å². The summed E-state index contributed by atoms with van der Waals surface area (Å²) in [6.07, 6.45) is 0. The van der Waals surface area contributed by atoms with Crippen LogP contribution in [0.2, 0.25) is 0 Å². The minimum Gasteiger partial charge on any atom is -0.480 e. The molecule has 6 nitrogen and oxygen atoms in total. The third kappa shape index (κ3) is 5.26. The van der Waals surface area contributed by atoms with E-state index in [9.17, 15) is 14.4 Å². The summed E-state index contributed by atoms with van der Waals surface area (Å²) < 4.78 is 0. The Morgan fingerprint density at radius 1 is 1.23 bits per heavy atom.